The number of nitrogens with zero attached hydrogens (tertiary/aromatic N) is 1. The minimum atomic E-state index is -0.444. The molecule has 0 unspecified atom stereocenters. The number of carbonyl (C=O) groups is 3. The fourth-order valence-electron chi connectivity index (χ4n) is 3.80. The fourth-order valence-corrected chi connectivity index (χ4v) is 3.80. The number of methoxy groups -OCH3 is 1. The number of ether oxygens (including phenoxy) is 2. The Morgan fingerprint density at radius 2 is 2.00 bits per heavy atom. The Bertz CT molecular complexity index is 948. The number of rotatable bonds is 5. The normalized spacial score (nSPS) is 17.9. The molecule has 7 heteroatoms. The first-order valence-electron chi connectivity index (χ1n) is 9.59. The van der Waals surface area contributed by atoms with Crippen molar-refractivity contribution >= 4 is 23.5 Å². The minimum Gasteiger partial charge on any atom is -0.465 e. The molecule has 0 saturated carbocycles. The van der Waals surface area contributed by atoms with Crippen molar-refractivity contribution < 1.29 is 23.9 Å². The average Bonchev–Trinajstić information content (AvgIpc) is 3.36. The summed E-state index contributed by atoms with van der Waals surface area (Å²) in [5, 5.41) is 2.79. The van der Waals surface area contributed by atoms with Crippen LogP contribution >= 0.6 is 0 Å². The standard InChI is InChI=1S/C22H22N2O5/c1-28-22(27)14-7-9-16(10-8-14)23-20(25)18-6-2-4-15-12-24(21(26)19(15)18)13-17-5-3-11-29-17/h2,4,6-10,17H,3,5,11-13H2,1H3,(H,23,25)/t17-/m1/s1. The maximum Gasteiger partial charge on any atom is 0.337 e. The van der Waals surface area contributed by atoms with E-state index in [4.69, 9.17) is 4.74 Å². The van der Waals surface area contributed by atoms with Gasteiger partial charge in [-0.25, -0.2) is 4.79 Å². The number of esters is 1. The average molecular weight is 394 g/mol. The van der Waals surface area contributed by atoms with Gasteiger partial charge < -0.3 is 19.7 Å². The minimum absolute atomic E-state index is 0.0684. The van der Waals surface area contributed by atoms with Gasteiger partial charge in [-0.05, 0) is 48.7 Å². The van der Waals surface area contributed by atoms with Gasteiger partial charge in [0.2, 0.25) is 0 Å². The number of carbonyl (C=O) groups excluding carboxylic acids is 3. The summed E-state index contributed by atoms with van der Waals surface area (Å²) in [6.07, 6.45) is 2.04. The highest BCUT2D eigenvalue weighted by atomic mass is 16.5. The number of anilines is 1. The lowest BCUT2D eigenvalue weighted by Gasteiger charge is -2.19. The van der Waals surface area contributed by atoms with Crippen LogP contribution in [0.1, 0.15) is 49.5 Å². The van der Waals surface area contributed by atoms with E-state index < -0.39 is 5.97 Å². The molecule has 0 radical (unpaired) electrons. The Labute approximate surface area is 168 Å². The molecule has 29 heavy (non-hydrogen) atoms. The first kappa shape index (κ1) is 19.1. The van der Waals surface area contributed by atoms with Crippen molar-refractivity contribution in [2.24, 2.45) is 0 Å². The topological polar surface area (TPSA) is 84.9 Å². The molecule has 1 N–H and O–H groups in total. The predicted molar refractivity (Wildman–Crippen MR) is 106 cm³/mol. The van der Waals surface area contributed by atoms with E-state index in [2.05, 4.69) is 10.1 Å². The van der Waals surface area contributed by atoms with Crippen LogP contribution in [0.3, 0.4) is 0 Å². The number of hydrogen-bond donors (Lipinski definition) is 1. The molecular formula is C22H22N2O5. The molecule has 0 aliphatic carbocycles. The zero-order valence-corrected chi connectivity index (χ0v) is 16.1. The van der Waals surface area contributed by atoms with Gasteiger partial charge in [0.15, 0.2) is 0 Å². The van der Waals surface area contributed by atoms with E-state index >= 15 is 0 Å². The molecule has 2 amide bonds. The van der Waals surface area contributed by atoms with Crippen LogP contribution in [0, 0.1) is 0 Å². The van der Waals surface area contributed by atoms with Crippen LogP contribution in [0.2, 0.25) is 0 Å². The van der Waals surface area contributed by atoms with Crippen molar-refractivity contribution in [3.63, 3.8) is 0 Å². The van der Waals surface area contributed by atoms with Crippen molar-refractivity contribution in [3.8, 4) is 0 Å². The Balaban J connectivity index is 1.50. The molecule has 0 spiro atoms. The van der Waals surface area contributed by atoms with Gasteiger partial charge in [-0.2, -0.15) is 0 Å². The Morgan fingerprint density at radius 1 is 1.21 bits per heavy atom. The van der Waals surface area contributed by atoms with Crippen LogP contribution in [0.4, 0.5) is 5.69 Å². The van der Waals surface area contributed by atoms with Crippen LogP contribution in [0.5, 0.6) is 0 Å². The third-order valence-electron chi connectivity index (χ3n) is 5.27. The smallest absolute Gasteiger partial charge is 0.337 e. The van der Waals surface area contributed by atoms with Crippen molar-refractivity contribution in [2.75, 3.05) is 25.6 Å². The van der Waals surface area contributed by atoms with Gasteiger partial charge >= 0.3 is 5.97 Å². The first-order valence-corrected chi connectivity index (χ1v) is 9.59. The molecule has 0 aromatic heterocycles. The first-order chi connectivity index (χ1) is 14.1. The molecule has 7 nitrogen and oxygen atoms in total. The van der Waals surface area contributed by atoms with Crippen molar-refractivity contribution in [3.05, 3.63) is 64.7 Å². The molecule has 1 saturated heterocycles. The van der Waals surface area contributed by atoms with Crippen molar-refractivity contribution in [2.45, 2.75) is 25.5 Å². The molecule has 1 fully saturated rings. The van der Waals surface area contributed by atoms with Crippen molar-refractivity contribution in [1.29, 1.82) is 0 Å². The second-order valence-corrected chi connectivity index (χ2v) is 7.18. The van der Waals surface area contributed by atoms with Crippen LogP contribution < -0.4 is 5.32 Å². The van der Waals surface area contributed by atoms with Crippen LogP contribution in [0.25, 0.3) is 0 Å². The summed E-state index contributed by atoms with van der Waals surface area (Å²) in [5.74, 6) is -0.942. The van der Waals surface area contributed by atoms with Gasteiger partial charge in [0.25, 0.3) is 11.8 Å². The summed E-state index contributed by atoms with van der Waals surface area (Å²) >= 11 is 0. The van der Waals surface area contributed by atoms with Crippen LogP contribution in [0.15, 0.2) is 42.5 Å². The van der Waals surface area contributed by atoms with Gasteiger partial charge in [0.1, 0.15) is 0 Å². The maximum absolute atomic E-state index is 13.0. The molecule has 2 aromatic rings. The molecule has 2 aliphatic heterocycles. The lowest BCUT2D eigenvalue weighted by Crippen LogP contribution is -2.32. The highest BCUT2D eigenvalue weighted by molar-refractivity contribution is 6.13. The van der Waals surface area contributed by atoms with E-state index in [1.165, 1.54) is 7.11 Å². The number of benzene rings is 2. The molecule has 4 rings (SSSR count). The summed E-state index contributed by atoms with van der Waals surface area (Å²) in [4.78, 5) is 39.1. The second-order valence-electron chi connectivity index (χ2n) is 7.18. The second kappa shape index (κ2) is 8.05. The van der Waals surface area contributed by atoms with E-state index in [0.717, 1.165) is 25.0 Å². The van der Waals surface area contributed by atoms with Gasteiger partial charge in [-0.3, -0.25) is 9.59 Å². The molecule has 2 heterocycles. The summed E-state index contributed by atoms with van der Waals surface area (Å²) in [5.41, 5.74) is 2.57. The van der Waals surface area contributed by atoms with E-state index in [1.54, 1.807) is 41.3 Å². The molecule has 0 bridgehead atoms. The lowest BCUT2D eigenvalue weighted by molar-refractivity contribution is 0.0544. The van der Waals surface area contributed by atoms with Crippen LogP contribution in [-0.2, 0) is 16.0 Å². The summed E-state index contributed by atoms with van der Waals surface area (Å²) in [6.45, 7) is 1.77. The fraction of sp³-hybridized carbons (Fsp3) is 0.318. The molecular weight excluding hydrogens is 372 g/mol. The SMILES string of the molecule is COC(=O)c1ccc(NC(=O)c2cccc3c2C(=O)N(C[C@H]2CCCO2)C3)cc1. The van der Waals surface area contributed by atoms with E-state index in [9.17, 15) is 14.4 Å². The van der Waals surface area contributed by atoms with Gasteiger partial charge in [-0.1, -0.05) is 12.1 Å². The maximum atomic E-state index is 13.0. The predicted octanol–water partition coefficient (Wildman–Crippen LogP) is 2.86. The molecule has 1 atom stereocenters. The van der Waals surface area contributed by atoms with E-state index in [1.807, 2.05) is 6.07 Å². The quantitative estimate of drug-likeness (QED) is 0.789. The largest absolute Gasteiger partial charge is 0.465 e. The monoisotopic (exact) mass is 394 g/mol. The van der Waals surface area contributed by atoms with E-state index in [-0.39, 0.29) is 17.9 Å². The zero-order chi connectivity index (χ0) is 20.4. The summed E-state index contributed by atoms with van der Waals surface area (Å²) in [7, 11) is 1.31. The summed E-state index contributed by atoms with van der Waals surface area (Å²) in [6, 6.07) is 11.7. The Kier molecular flexibility index (Phi) is 5.31. The Morgan fingerprint density at radius 3 is 2.69 bits per heavy atom. The van der Waals surface area contributed by atoms with E-state index in [0.29, 0.717) is 35.5 Å². The Hall–Kier alpha value is -3.19. The lowest BCUT2D eigenvalue weighted by atomic mass is 10.0. The summed E-state index contributed by atoms with van der Waals surface area (Å²) < 4.78 is 10.3. The highest BCUT2D eigenvalue weighted by Gasteiger charge is 2.33. The number of nitrogens with one attached hydrogen (secondary N) is 1. The molecule has 2 aliphatic rings. The molecule has 2 aromatic carbocycles. The van der Waals surface area contributed by atoms with Gasteiger partial charge in [0, 0.05) is 25.4 Å². The van der Waals surface area contributed by atoms with Gasteiger partial charge in [0.05, 0.1) is 29.9 Å². The number of amides is 2. The van der Waals surface area contributed by atoms with Gasteiger partial charge in [-0.15, -0.1) is 0 Å². The third-order valence-corrected chi connectivity index (χ3v) is 5.27. The number of hydrogen-bond acceptors (Lipinski definition) is 5. The van der Waals surface area contributed by atoms with Crippen LogP contribution in [-0.4, -0.2) is 49.0 Å². The zero-order valence-electron chi connectivity index (χ0n) is 16.1. The van der Waals surface area contributed by atoms with Crippen molar-refractivity contribution in [1.82, 2.24) is 4.90 Å². The number of fused-ring (bicyclic) bond motifs is 1. The highest BCUT2D eigenvalue weighted by Crippen LogP contribution is 2.28. The molecule has 150 valence electrons. The third kappa shape index (κ3) is 3.86.